The number of aliphatic hydroxyl groups is 1. The summed E-state index contributed by atoms with van der Waals surface area (Å²) in [5.41, 5.74) is 7.54. The van der Waals surface area contributed by atoms with E-state index < -0.39 is 29.9 Å². The van der Waals surface area contributed by atoms with Gasteiger partial charge in [-0.15, -0.1) is 0 Å². The minimum absolute atomic E-state index is 0.257. The van der Waals surface area contributed by atoms with E-state index >= 15 is 0 Å². The fourth-order valence-corrected chi connectivity index (χ4v) is 3.86. The summed E-state index contributed by atoms with van der Waals surface area (Å²) in [4.78, 5) is 29.4. The molecule has 0 saturated carbocycles. The van der Waals surface area contributed by atoms with E-state index in [9.17, 15) is 14.7 Å². The van der Waals surface area contributed by atoms with Crippen molar-refractivity contribution in [1.29, 1.82) is 0 Å². The lowest BCUT2D eigenvalue weighted by Crippen LogP contribution is -2.65. The van der Waals surface area contributed by atoms with E-state index in [1.165, 1.54) is 4.90 Å². The zero-order chi connectivity index (χ0) is 23.3. The molecule has 3 N–H and O–H groups in total. The Labute approximate surface area is 189 Å². The van der Waals surface area contributed by atoms with Crippen molar-refractivity contribution in [3.8, 4) is 0 Å². The number of hydrogen-bond acceptors (Lipinski definition) is 5. The summed E-state index contributed by atoms with van der Waals surface area (Å²) < 4.78 is 5.52. The van der Waals surface area contributed by atoms with Gasteiger partial charge in [0.25, 0.3) is 0 Å². The van der Waals surface area contributed by atoms with Crippen molar-refractivity contribution in [1.82, 2.24) is 9.80 Å². The van der Waals surface area contributed by atoms with Gasteiger partial charge in [0.15, 0.2) is 0 Å². The Balaban J connectivity index is 1.82. The van der Waals surface area contributed by atoms with Crippen molar-refractivity contribution < 1.29 is 19.4 Å². The number of rotatable bonds is 6. The molecule has 1 fully saturated rings. The maximum Gasteiger partial charge on any atom is 0.411 e. The normalized spacial score (nSPS) is 18.9. The maximum atomic E-state index is 13.5. The molecule has 0 bridgehead atoms. The maximum absolute atomic E-state index is 13.5. The van der Waals surface area contributed by atoms with Crippen LogP contribution in [0.25, 0.3) is 0 Å². The fraction of sp³-hybridized carbons (Fsp3) is 0.440. The van der Waals surface area contributed by atoms with Crippen LogP contribution in [0.4, 0.5) is 4.79 Å². The van der Waals surface area contributed by atoms with Gasteiger partial charge in [-0.2, -0.15) is 0 Å². The minimum Gasteiger partial charge on any atom is -0.444 e. The lowest BCUT2D eigenvalue weighted by atomic mass is 9.94. The van der Waals surface area contributed by atoms with Gasteiger partial charge in [0.05, 0.1) is 6.10 Å². The third kappa shape index (κ3) is 6.08. The van der Waals surface area contributed by atoms with E-state index in [0.717, 1.165) is 11.1 Å². The number of aliphatic hydroxyl groups excluding tert-OH is 1. The zero-order valence-corrected chi connectivity index (χ0v) is 19.0. The summed E-state index contributed by atoms with van der Waals surface area (Å²) in [5, 5.41) is 11.2. The Hall–Kier alpha value is -2.90. The summed E-state index contributed by atoms with van der Waals surface area (Å²) in [7, 11) is 0. The molecule has 7 nitrogen and oxygen atoms in total. The largest absolute Gasteiger partial charge is 0.444 e. The molecule has 0 radical (unpaired) electrons. The smallest absolute Gasteiger partial charge is 0.411 e. The number of amides is 2. The molecule has 3 atom stereocenters. The van der Waals surface area contributed by atoms with Crippen molar-refractivity contribution >= 4 is 12.0 Å². The average Bonchev–Trinajstić information content (AvgIpc) is 2.74. The second-order valence-corrected chi connectivity index (χ2v) is 9.21. The van der Waals surface area contributed by atoms with Crippen molar-refractivity contribution in [2.45, 2.75) is 57.5 Å². The van der Waals surface area contributed by atoms with Crippen LogP contribution in [0.1, 0.15) is 31.9 Å². The number of carbonyl (C=O) groups is 2. The first-order chi connectivity index (χ1) is 15.2. The molecule has 2 amide bonds. The molecule has 3 rings (SSSR count). The van der Waals surface area contributed by atoms with Gasteiger partial charge < -0.3 is 20.5 Å². The van der Waals surface area contributed by atoms with Crippen LogP contribution in [0, 0.1) is 0 Å². The summed E-state index contributed by atoms with van der Waals surface area (Å²) in [5.74, 6) is -0.332. The monoisotopic (exact) mass is 439 g/mol. The third-order valence-electron chi connectivity index (χ3n) is 5.43. The Kier molecular flexibility index (Phi) is 7.53. The van der Waals surface area contributed by atoms with E-state index in [0.29, 0.717) is 19.5 Å². The molecule has 2 aromatic rings. The molecule has 0 spiro atoms. The van der Waals surface area contributed by atoms with Crippen LogP contribution in [-0.4, -0.2) is 63.8 Å². The number of benzene rings is 2. The molecule has 1 unspecified atom stereocenters. The molecule has 1 aliphatic heterocycles. The summed E-state index contributed by atoms with van der Waals surface area (Å²) in [6.07, 6.45) is -1.48. The minimum atomic E-state index is -1.24. The van der Waals surface area contributed by atoms with Crippen molar-refractivity contribution in [3.63, 3.8) is 0 Å². The first-order valence-corrected chi connectivity index (χ1v) is 11.0. The molecule has 32 heavy (non-hydrogen) atoms. The van der Waals surface area contributed by atoms with Gasteiger partial charge in [-0.1, -0.05) is 60.7 Å². The highest BCUT2D eigenvalue weighted by molar-refractivity contribution is 5.87. The summed E-state index contributed by atoms with van der Waals surface area (Å²) in [6.45, 7) is 6.32. The van der Waals surface area contributed by atoms with Crippen molar-refractivity contribution in [2.75, 3.05) is 13.1 Å². The van der Waals surface area contributed by atoms with Crippen LogP contribution < -0.4 is 5.73 Å². The highest BCUT2D eigenvalue weighted by Gasteiger charge is 2.45. The van der Waals surface area contributed by atoms with Crippen LogP contribution in [0.5, 0.6) is 0 Å². The van der Waals surface area contributed by atoms with Crippen LogP contribution in [0.15, 0.2) is 60.7 Å². The number of piperazine rings is 1. The van der Waals surface area contributed by atoms with E-state index in [1.807, 2.05) is 60.7 Å². The molecule has 7 heteroatoms. The predicted molar refractivity (Wildman–Crippen MR) is 123 cm³/mol. The Morgan fingerprint density at radius 3 is 2.19 bits per heavy atom. The van der Waals surface area contributed by atoms with Gasteiger partial charge in [0.2, 0.25) is 5.91 Å². The standard InChI is InChI=1S/C25H33N3O4/c1-25(2,3)32-24(31)28-15-14-27(17-19-12-8-5-9-13-19)23(30)21(28)22(29)20(26)16-18-10-6-4-7-11-18/h4-13,20-22,29H,14-17,26H2,1-3H3/t20-,21?,22-/m0/s1. The topological polar surface area (TPSA) is 96.1 Å². The fourth-order valence-electron chi connectivity index (χ4n) is 3.86. The van der Waals surface area contributed by atoms with Crippen molar-refractivity contribution in [3.05, 3.63) is 71.8 Å². The lowest BCUT2D eigenvalue weighted by molar-refractivity contribution is -0.148. The van der Waals surface area contributed by atoms with Crippen LogP contribution in [-0.2, 0) is 22.5 Å². The third-order valence-corrected chi connectivity index (χ3v) is 5.43. The molecular formula is C25H33N3O4. The van der Waals surface area contributed by atoms with Gasteiger partial charge in [0.1, 0.15) is 11.6 Å². The van der Waals surface area contributed by atoms with Gasteiger partial charge in [-0.25, -0.2) is 4.79 Å². The van der Waals surface area contributed by atoms with E-state index in [4.69, 9.17) is 10.5 Å². The first-order valence-electron chi connectivity index (χ1n) is 11.0. The zero-order valence-electron chi connectivity index (χ0n) is 19.0. The SMILES string of the molecule is CC(C)(C)OC(=O)N1CCN(Cc2ccccc2)C(=O)C1[C@@H](O)[C@@H](N)Cc1ccccc1. The second kappa shape index (κ2) is 10.1. The second-order valence-electron chi connectivity index (χ2n) is 9.21. The summed E-state index contributed by atoms with van der Waals surface area (Å²) in [6, 6.07) is 17.3. The predicted octanol–water partition coefficient (Wildman–Crippen LogP) is 2.57. The van der Waals surface area contributed by atoms with Gasteiger partial charge in [-0.3, -0.25) is 9.69 Å². The van der Waals surface area contributed by atoms with Crippen LogP contribution >= 0.6 is 0 Å². The molecule has 0 aliphatic carbocycles. The molecule has 1 saturated heterocycles. The van der Waals surface area contributed by atoms with Gasteiger partial charge >= 0.3 is 6.09 Å². The van der Waals surface area contributed by atoms with E-state index in [1.54, 1.807) is 25.7 Å². The Morgan fingerprint density at radius 1 is 1.06 bits per heavy atom. The molecule has 1 heterocycles. The molecule has 1 aliphatic rings. The average molecular weight is 440 g/mol. The Bertz CT molecular complexity index is 898. The quantitative estimate of drug-likeness (QED) is 0.721. The number of nitrogens with two attached hydrogens (primary N) is 1. The number of hydrogen-bond donors (Lipinski definition) is 2. The molecule has 2 aromatic carbocycles. The van der Waals surface area contributed by atoms with Crippen molar-refractivity contribution in [2.24, 2.45) is 5.73 Å². The van der Waals surface area contributed by atoms with Gasteiger partial charge in [0, 0.05) is 25.7 Å². The number of carbonyl (C=O) groups excluding carboxylic acids is 2. The molecule has 172 valence electrons. The molecular weight excluding hydrogens is 406 g/mol. The van der Waals surface area contributed by atoms with Crippen LogP contribution in [0.2, 0.25) is 0 Å². The summed E-state index contributed by atoms with van der Waals surface area (Å²) >= 11 is 0. The highest BCUT2D eigenvalue weighted by atomic mass is 16.6. The number of nitrogens with zero attached hydrogens (tertiary/aromatic N) is 2. The lowest BCUT2D eigenvalue weighted by Gasteiger charge is -2.43. The number of ether oxygens (including phenoxy) is 1. The van der Waals surface area contributed by atoms with E-state index in [2.05, 4.69) is 0 Å². The van der Waals surface area contributed by atoms with Crippen LogP contribution in [0.3, 0.4) is 0 Å². The first kappa shape index (κ1) is 23.8. The van der Waals surface area contributed by atoms with E-state index in [-0.39, 0.29) is 12.5 Å². The van der Waals surface area contributed by atoms with Gasteiger partial charge in [-0.05, 0) is 38.3 Å². The Morgan fingerprint density at radius 2 is 1.62 bits per heavy atom. The molecule has 0 aromatic heterocycles. The highest BCUT2D eigenvalue weighted by Crippen LogP contribution is 2.22.